The molecule has 0 spiro atoms. The van der Waals surface area contributed by atoms with Crippen molar-refractivity contribution in [2.75, 3.05) is 6.61 Å². The minimum atomic E-state index is -0.690. The lowest BCUT2D eigenvalue weighted by Crippen LogP contribution is -2.40. The van der Waals surface area contributed by atoms with Crippen LogP contribution >= 0.6 is 38.9 Å². The molecule has 4 rings (SSSR count). The van der Waals surface area contributed by atoms with E-state index in [9.17, 15) is 9.59 Å². The molecule has 1 atom stereocenters. The van der Waals surface area contributed by atoms with Crippen LogP contribution < -0.4 is 19.6 Å². The van der Waals surface area contributed by atoms with Crippen LogP contribution in [0.4, 0.5) is 0 Å². The van der Waals surface area contributed by atoms with Gasteiger partial charge in [-0.1, -0.05) is 57.9 Å². The molecule has 1 aromatic heterocycles. The van der Waals surface area contributed by atoms with E-state index in [1.807, 2.05) is 43.3 Å². The van der Waals surface area contributed by atoms with E-state index in [0.717, 1.165) is 22.0 Å². The molecule has 0 saturated carbocycles. The summed E-state index contributed by atoms with van der Waals surface area (Å²) in [5.41, 5.74) is 2.12. The van der Waals surface area contributed by atoms with Gasteiger partial charge in [0.1, 0.15) is 5.75 Å². The fourth-order valence-corrected chi connectivity index (χ4v) is 5.48. The zero-order valence-electron chi connectivity index (χ0n) is 20.4. The number of ether oxygens (including phenoxy) is 2. The average molecular weight is 590 g/mol. The van der Waals surface area contributed by atoms with Gasteiger partial charge in [0.15, 0.2) is 4.80 Å². The lowest BCUT2D eigenvalue weighted by atomic mass is 9.96. The molecule has 36 heavy (non-hydrogen) atoms. The molecule has 9 heteroatoms. The number of esters is 1. The van der Waals surface area contributed by atoms with E-state index in [1.165, 1.54) is 11.3 Å². The fourth-order valence-electron chi connectivity index (χ4n) is 3.94. The first-order chi connectivity index (χ1) is 17.2. The molecular formula is C27H26BrClN2O4S. The number of fused-ring (bicyclic) bond motifs is 1. The van der Waals surface area contributed by atoms with Crippen LogP contribution in [0.5, 0.6) is 5.75 Å². The molecule has 0 bridgehead atoms. The summed E-state index contributed by atoms with van der Waals surface area (Å²) < 4.78 is 14.4. The van der Waals surface area contributed by atoms with Gasteiger partial charge in [-0.25, -0.2) is 9.79 Å². The molecule has 2 aromatic carbocycles. The van der Waals surface area contributed by atoms with Gasteiger partial charge >= 0.3 is 5.97 Å². The smallest absolute Gasteiger partial charge is 0.338 e. The minimum Gasteiger partial charge on any atom is -0.493 e. The molecule has 0 amide bonds. The zero-order chi connectivity index (χ0) is 26.0. The van der Waals surface area contributed by atoms with E-state index in [2.05, 4.69) is 20.9 Å². The van der Waals surface area contributed by atoms with Crippen molar-refractivity contribution in [2.24, 2.45) is 4.99 Å². The van der Waals surface area contributed by atoms with E-state index >= 15 is 0 Å². The van der Waals surface area contributed by atoms with E-state index in [0.29, 0.717) is 38.0 Å². The highest BCUT2D eigenvalue weighted by Crippen LogP contribution is 2.31. The molecule has 1 aliphatic heterocycles. The van der Waals surface area contributed by atoms with Gasteiger partial charge in [-0.3, -0.25) is 9.36 Å². The Kier molecular flexibility index (Phi) is 8.17. The Labute approximate surface area is 226 Å². The van der Waals surface area contributed by atoms with Gasteiger partial charge in [-0.15, -0.1) is 0 Å². The minimum absolute atomic E-state index is 0.248. The number of benzene rings is 2. The summed E-state index contributed by atoms with van der Waals surface area (Å²) in [4.78, 5) is 32.1. The number of aromatic nitrogens is 1. The van der Waals surface area contributed by atoms with E-state index in [1.54, 1.807) is 37.5 Å². The summed E-state index contributed by atoms with van der Waals surface area (Å²) in [5, 5.41) is 0.562. The van der Waals surface area contributed by atoms with E-state index < -0.39 is 12.0 Å². The number of thiazole rings is 1. The van der Waals surface area contributed by atoms with Gasteiger partial charge in [-0.2, -0.15) is 0 Å². The number of nitrogens with zero attached hydrogens (tertiary/aromatic N) is 2. The second-order valence-corrected chi connectivity index (χ2v) is 11.0. The van der Waals surface area contributed by atoms with E-state index in [-0.39, 0.29) is 11.7 Å². The number of halogens is 2. The van der Waals surface area contributed by atoms with Gasteiger partial charge in [0.05, 0.1) is 34.6 Å². The van der Waals surface area contributed by atoms with Crippen molar-refractivity contribution in [2.45, 2.75) is 46.3 Å². The Bertz CT molecular complexity index is 1510. The third-order valence-corrected chi connectivity index (χ3v) is 7.22. The highest BCUT2D eigenvalue weighted by atomic mass is 79.9. The normalized spacial score (nSPS) is 15.6. The monoisotopic (exact) mass is 588 g/mol. The van der Waals surface area contributed by atoms with Crippen LogP contribution in [0.2, 0.25) is 5.02 Å². The number of rotatable bonds is 7. The quantitative estimate of drug-likeness (QED) is 0.347. The Balaban J connectivity index is 1.93. The summed E-state index contributed by atoms with van der Waals surface area (Å²) in [6.45, 7) is 7.95. The van der Waals surface area contributed by atoms with Crippen LogP contribution in [-0.4, -0.2) is 23.2 Å². The fraction of sp³-hybridized carbons (Fsp3) is 0.296. The summed E-state index contributed by atoms with van der Waals surface area (Å²) in [7, 11) is 0. The summed E-state index contributed by atoms with van der Waals surface area (Å²) >= 11 is 10.9. The van der Waals surface area contributed by atoms with Crippen LogP contribution in [0.1, 0.15) is 51.3 Å². The topological polar surface area (TPSA) is 69.9 Å². The Morgan fingerprint density at radius 3 is 2.64 bits per heavy atom. The van der Waals surface area contributed by atoms with Gasteiger partial charge in [0.25, 0.3) is 5.56 Å². The van der Waals surface area contributed by atoms with Crippen molar-refractivity contribution < 1.29 is 14.3 Å². The average Bonchev–Trinajstić information content (AvgIpc) is 3.12. The van der Waals surface area contributed by atoms with Crippen LogP contribution in [0, 0.1) is 0 Å². The maximum atomic E-state index is 13.8. The second kappa shape index (κ2) is 11.2. The molecule has 0 aliphatic carbocycles. The van der Waals surface area contributed by atoms with Gasteiger partial charge < -0.3 is 9.47 Å². The molecule has 0 fully saturated rings. The number of carbonyl (C=O) groups is 1. The summed E-state index contributed by atoms with van der Waals surface area (Å²) in [6, 6.07) is 12.1. The Hall–Kier alpha value is -2.68. The lowest BCUT2D eigenvalue weighted by molar-refractivity contribution is -0.143. The number of allylic oxidation sites excluding steroid dienone is 1. The number of hydrogen-bond donors (Lipinski definition) is 0. The second-order valence-electron chi connectivity index (χ2n) is 8.62. The van der Waals surface area contributed by atoms with Gasteiger partial charge in [0.2, 0.25) is 0 Å². The van der Waals surface area contributed by atoms with Crippen molar-refractivity contribution in [3.05, 3.63) is 94.0 Å². The third kappa shape index (κ3) is 5.51. The first-order valence-electron chi connectivity index (χ1n) is 11.6. The zero-order valence-corrected chi connectivity index (χ0v) is 23.5. The lowest BCUT2D eigenvalue weighted by Gasteiger charge is -2.25. The van der Waals surface area contributed by atoms with Crippen molar-refractivity contribution in [1.82, 2.24) is 4.57 Å². The molecule has 6 nitrogen and oxygen atoms in total. The van der Waals surface area contributed by atoms with Crippen molar-refractivity contribution >= 4 is 50.9 Å². The third-order valence-electron chi connectivity index (χ3n) is 5.49. The molecule has 1 aliphatic rings. The molecule has 0 radical (unpaired) electrons. The van der Waals surface area contributed by atoms with Crippen LogP contribution in [0.15, 0.2) is 68.0 Å². The largest absolute Gasteiger partial charge is 0.493 e. The van der Waals surface area contributed by atoms with E-state index in [4.69, 9.17) is 21.1 Å². The number of carbonyl (C=O) groups excluding carboxylic acids is 1. The van der Waals surface area contributed by atoms with Crippen molar-refractivity contribution in [1.29, 1.82) is 0 Å². The molecule has 0 N–H and O–H groups in total. The van der Waals surface area contributed by atoms with Gasteiger partial charge in [0, 0.05) is 15.1 Å². The maximum absolute atomic E-state index is 13.8. The highest BCUT2D eigenvalue weighted by molar-refractivity contribution is 9.10. The molecule has 3 aromatic rings. The summed E-state index contributed by atoms with van der Waals surface area (Å²) in [5.74, 6) is 0.195. The highest BCUT2D eigenvalue weighted by Gasteiger charge is 2.33. The van der Waals surface area contributed by atoms with Crippen molar-refractivity contribution in [3.8, 4) is 5.75 Å². The molecular weight excluding hydrogens is 564 g/mol. The van der Waals surface area contributed by atoms with Crippen LogP contribution in [-0.2, 0) is 9.53 Å². The molecule has 0 saturated heterocycles. The van der Waals surface area contributed by atoms with Crippen molar-refractivity contribution in [3.63, 3.8) is 0 Å². The Morgan fingerprint density at radius 1 is 1.25 bits per heavy atom. The molecule has 1 unspecified atom stereocenters. The van der Waals surface area contributed by atoms with Gasteiger partial charge in [-0.05, 0) is 69.2 Å². The molecule has 2 heterocycles. The van der Waals surface area contributed by atoms with Crippen LogP contribution in [0.3, 0.4) is 0 Å². The Morgan fingerprint density at radius 2 is 1.97 bits per heavy atom. The predicted octanol–water partition coefficient (Wildman–Crippen LogP) is 5.39. The number of hydrogen-bond acceptors (Lipinski definition) is 6. The molecule has 188 valence electrons. The predicted molar refractivity (Wildman–Crippen MR) is 146 cm³/mol. The van der Waals surface area contributed by atoms with Crippen LogP contribution in [0.25, 0.3) is 6.08 Å². The first kappa shape index (κ1) is 26.4. The standard InChI is InChI=1S/C27H26BrClN2O4S/c1-5-12-34-21-11-8-19(28)13-18(21)14-22-25(32)31-24(17-6-9-20(29)10-7-17)23(26(33)35-15(2)3)16(4)30-27(31)36-22/h6-11,13-15,24H,5,12H2,1-4H3. The SMILES string of the molecule is CCCOc1ccc(Br)cc1C=c1sc2n(c1=O)C(c1ccc(Cl)cc1)C(C(=O)OC(C)C)=C(C)N=2. The first-order valence-corrected chi connectivity index (χ1v) is 13.6. The summed E-state index contributed by atoms with van der Waals surface area (Å²) in [6.07, 6.45) is 2.36. The maximum Gasteiger partial charge on any atom is 0.338 e.